The Hall–Kier alpha value is -2.18. The Morgan fingerprint density at radius 1 is 1.39 bits per heavy atom. The third-order valence-electron chi connectivity index (χ3n) is 4.63. The molecule has 0 spiro atoms. The number of H-pyrrole nitrogens is 1. The van der Waals surface area contributed by atoms with Crippen molar-refractivity contribution in [2.75, 3.05) is 13.2 Å². The molecule has 3 aromatic rings. The number of hydrogen-bond donors (Lipinski definition) is 2. The molecule has 120 valence electrons. The van der Waals surface area contributed by atoms with E-state index in [4.69, 9.17) is 10.5 Å². The minimum atomic E-state index is 0.0132. The highest BCUT2D eigenvalue weighted by Crippen LogP contribution is 2.28. The Morgan fingerprint density at radius 2 is 2.26 bits per heavy atom. The minimum absolute atomic E-state index is 0.0132. The SMILES string of the molecule is Cc1[nH]nc2c1c(=O)n(CCCN)c1cc3c(cc21)COCC3. The summed E-state index contributed by atoms with van der Waals surface area (Å²) in [6.07, 6.45) is 1.66. The van der Waals surface area contributed by atoms with Crippen molar-refractivity contribution < 1.29 is 4.74 Å². The first kappa shape index (κ1) is 14.4. The number of nitrogens with one attached hydrogen (secondary N) is 1. The van der Waals surface area contributed by atoms with E-state index in [9.17, 15) is 4.79 Å². The lowest BCUT2D eigenvalue weighted by molar-refractivity contribution is 0.111. The standard InChI is InChI=1S/C17H20N4O2/c1-10-15-16(20-19-10)13-7-12-9-23-6-3-11(12)8-14(13)21(17(15)22)5-2-4-18/h7-8H,2-6,9,18H2,1H3,(H,19,20). The van der Waals surface area contributed by atoms with Gasteiger partial charge in [0, 0.05) is 17.6 Å². The number of fused-ring (bicyclic) bond motifs is 4. The second-order valence-electron chi connectivity index (χ2n) is 6.11. The number of hydrogen-bond acceptors (Lipinski definition) is 4. The molecule has 3 heterocycles. The second-order valence-corrected chi connectivity index (χ2v) is 6.11. The van der Waals surface area contributed by atoms with Gasteiger partial charge in [-0.05, 0) is 49.6 Å². The van der Waals surface area contributed by atoms with Gasteiger partial charge in [0.1, 0.15) is 5.52 Å². The Morgan fingerprint density at radius 3 is 3.09 bits per heavy atom. The van der Waals surface area contributed by atoms with Gasteiger partial charge in [-0.25, -0.2) is 0 Å². The summed E-state index contributed by atoms with van der Waals surface area (Å²) < 4.78 is 7.42. The molecule has 23 heavy (non-hydrogen) atoms. The molecule has 1 aliphatic heterocycles. The van der Waals surface area contributed by atoms with Crippen LogP contribution in [0, 0.1) is 6.92 Å². The van der Waals surface area contributed by atoms with Crippen molar-refractivity contribution in [1.29, 1.82) is 0 Å². The molecule has 1 aliphatic rings. The highest BCUT2D eigenvalue weighted by molar-refractivity contribution is 6.04. The Balaban J connectivity index is 2.11. The van der Waals surface area contributed by atoms with Crippen molar-refractivity contribution in [3.05, 3.63) is 39.3 Å². The number of aromatic amines is 1. The van der Waals surface area contributed by atoms with Crippen LogP contribution < -0.4 is 11.3 Å². The van der Waals surface area contributed by atoms with E-state index < -0.39 is 0 Å². The van der Waals surface area contributed by atoms with Crippen molar-refractivity contribution in [3.63, 3.8) is 0 Å². The number of nitrogens with zero attached hydrogens (tertiary/aromatic N) is 2. The summed E-state index contributed by atoms with van der Waals surface area (Å²) in [7, 11) is 0. The van der Waals surface area contributed by atoms with Crippen LogP contribution in [0.3, 0.4) is 0 Å². The number of aromatic nitrogens is 3. The molecule has 6 nitrogen and oxygen atoms in total. The van der Waals surface area contributed by atoms with E-state index in [0.29, 0.717) is 25.1 Å². The van der Waals surface area contributed by atoms with Crippen LogP contribution >= 0.6 is 0 Å². The van der Waals surface area contributed by atoms with Gasteiger partial charge in [0.15, 0.2) is 0 Å². The maximum absolute atomic E-state index is 12.9. The molecule has 0 atom stereocenters. The van der Waals surface area contributed by atoms with E-state index in [1.54, 1.807) is 0 Å². The van der Waals surface area contributed by atoms with Crippen molar-refractivity contribution >= 4 is 21.8 Å². The maximum Gasteiger partial charge on any atom is 0.262 e. The van der Waals surface area contributed by atoms with Crippen LogP contribution in [0.2, 0.25) is 0 Å². The predicted octanol–water partition coefficient (Wildman–Crippen LogP) is 1.61. The van der Waals surface area contributed by atoms with Crippen LogP contribution in [0.4, 0.5) is 0 Å². The highest BCUT2D eigenvalue weighted by atomic mass is 16.5. The van der Waals surface area contributed by atoms with Crippen molar-refractivity contribution in [2.24, 2.45) is 5.73 Å². The van der Waals surface area contributed by atoms with Gasteiger partial charge < -0.3 is 15.0 Å². The van der Waals surface area contributed by atoms with Gasteiger partial charge >= 0.3 is 0 Å². The number of ether oxygens (including phenoxy) is 1. The number of nitrogens with two attached hydrogens (primary N) is 1. The van der Waals surface area contributed by atoms with Gasteiger partial charge in [0.05, 0.1) is 24.1 Å². The molecule has 0 saturated carbocycles. The first-order valence-electron chi connectivity index (χ1n) is 8.01. The molecule has 6 heteroatoms. The third-order valence-corrected chi connectivity index (χ3v) is 4.63. The quantitative estimate of drug-likeness (QED) is 0.769. The topological polar surface area (TPSA) is 85.9 Å². The Bertz CT molecular complexity index is 955. The average molecular weight is 312 g/mol. The van der Waals surface area contributed by atoms with Gasteiger partial charge in [0.25, 0.3) is 5.56 Å². The molecule has 4 rings (SSSR count). The zero-order valence-electron chi connectivity index (χ0n) is 13.2. The fourth-order valence-corrected chi connectivity index (χ4v) is 3.42. The van der Waals surface area contributed by atoms with E-state index in [-0.39, 0.29) is 5.56 Å². The van der Waals surface area contributed by atoms with E-state index >= 15 is 0 Å². The second kappa shape index (κ2) is 5.47. The summed E-state index contributed by atoms with van der Waals surface area (Å²) >= 11 is 0. The predicted molar refractivity (Wildman–Crippen MR) is 89.6 cm³/mol. The molecule has 2 aromatic heterocycles. The molecule has 1 aromatic carbocycles. The average Bonchev–Trinajstić information content (AvgIpc) is 2.95. The van der Waals surface area contributed by atoms with Gasteiger partial charge in [-0.15, -0.1) is 0 Å². The molecule has 0 radical (unpaired) electrons. The van der Waals surface area contributed by atoms with Crippen LogP contribution in [0.25, 0.3) is 21.8 Å². The normalized spacial score (nSPS) is 14.5. The molecule has 3 N–H and O–H groups in total. The third kappa shape index (κ3) is 2.17. The molecule has 0 fully saturated rings. The molecule has 0 unspecified atom stereocenters. The highest BCUT2D eigenvalue weighted by Gasteiger charge is 2.18. The van der Waals surface area contributed by atoms with Crippen molar-refractivity contribution in [1.82, 2.24) is 14.8 Å². The largest absolute Gasteiger partial charge is 0.376 e. The Labute approximate surface area is 133 Å². The molecule has 0 amide bonds. The van der Waals surface area contributed by atoms with Gasteiger partial charge in [-0.2, -0.15) is 5.10 Å². The smallest absolute Gasteiger partial charge is 0.262 e. The lowest BCUT2D eigenvalue weighted by atomic mass is 9.99. The van der Waals surface area contributed by atoms with E-state index in [1.807, 2.05) is 11.5 Å². The van der Waals surface area contributed by atoms with Crippen molar-refractivity contribution in [3.8, 4) is 0 Å². The number of rotatable bonds is 3. The van der Waals surface area contributed by atoms with Crippen LogP contribution in [-0.2, 0) is 24.3 Å². The van der Waals surface area contributed by atoms with Gasteiger partial charge in [-0.1, -0.05) is 0 Å². The maximum atomic E-state index is 12.9. The number of benzene rings is 1. The molecule has 0 bridgehead atoms. The van der Waals surface area contributed by atoms with Crippen LogP contribution in [0.1, 0.15) is 23.2 Å². The molecular formula is C17H20N4O2. The summed E-state index contributed by atoms with van der Waals surface area (Å²) in [5, 5.41) is 9.00. The Kier molecular flexibility index (Phi) is 3.43. The lowest BCUT2D eigenvalue weighted by Gasteiger charge is -2.19. The molecule has 0 saturated heterocycles. The van der Waals surface area contributed by atoms with E-state index in [1.165, 1.54) is 11.1 Å². The minimum Gasteiger partial charge on any atom is -0.376 e. The fraction of sp³-hybridized carbons (Fsp3) is 0.412. The molecular weight excluding hydrogens is 292 g/mol. The van der Waals surface area contributed by atoms with Gasteiger partial charge in [0.2, 0.25) is 0 Å². The van der Waals surface area contributed by atoms with Crippen LogP contribution in [0.15, 0.2) is 16.9 Å². The van der Waals surface area contributed by atoms with E-state index in [2.05, 4.69) is 22.3 Å². The zero-order valence-corrected chi connectivity index (χ0v) is 13.2. The van der Waals surface area contributed by atoms with Crippen molar-refractivity contribution in [2.45, 2.75) is 32.9 Å². The number of aryl methyl sites for hydroxylation is 2. The monoisotopic (exact) mass is 312 g/mol. The van der Waals surface area contributed by atoms with E-state index in [0.717, 1.165) is 41.6 Å². The first-order valence-corrected chi connectivity index (χ1v) is 8.01. The summed E-state index contributed by atoms with van der Waals surface area (Å²) in [4.78, 5) is 12.9. The summed E-state index contributed by atoms with van der Waals surface area (Å²) in [6, 6.07) is 4.26. The summed E-state index contributed by atoms with van der Waals surface area (Å²) in [5.41, 5.74) is 10.6. The summed E-state index contributed by atoms with van der Waals surface area (Å²) in [6.45, 7) is 4.43. The number of pyridine rings is 1. The first-order chi connectivity index (χ1) is 11.2. The van der Waals surface area contributed by atoms with Gasteiger partial charge in [-0.3, -0.25) is 9.89 Å². The van der Waals surface area contributed by atoms with Crippen LogP contribution in [0.5, 0.6) is 0 Å². The lowest BCUT2D eigenvalue weighted by Crippen LogP contribution is -2.23. The molecule has 0 aliphatic carbocycles. The fourth-order valence-electron chi connectivity index (χ4n) is 3.42. The van der Waals surface area contributed by atoms with Crippen LogP contribution in [-0.4, -0.2) is 27.9 Å². The summed E-state index contributed by atoms with van der Waals surface area (Å²) in [5.74, 6) is 0. The zero-order chi connectivity index (χ0) is 16.0.